The van der Waals surface area contributed by atoms with Crippen molar-refractivity contribution in [2.45, 2.75) is 142 Å². The lowest BCUT2D eigenvalue weighted by atomic mass is 9.91. The van der Waals surface area contributed by atoms with Crippen LogP contribution in [0.3, 0.4) is 0 Å². The van der Waals surface area contributed by atoms with Gasteiger partial charge in [-0.3, -0.25) is 48.2 Å². The summed E-state index contributed by atoms with van der Waals surface area (Å²) in [6.07, 6.45) is 5.30. The minimum atomic E-state index is -1.04. The first-order valence-corrected chi connectivity index (χ1v) is 25.9. The van der Waals surface area contributed by atoms with Gasteiger partial charge in [-0.15, -0.1) is 11.3 Å². The van der Waals surface area contributed by atoms with Crippen LogP contribution in [-0.2, 0) is 44.7 Å². The summed E-state index contributed by atoms with van der Waals surface area (Å²) < 4.78 is 5.93. The van der Waals surface area contributed by atoms with E-state index >= 15 is 0 Å². The second-order valence-electron chi connectivity index (χ2n) is 19.5. The lowest BCUT2D eigenvalue weighted by molar-refractivity contribution is -0.142. The molecule has 396 valence electrons. The number of hydrogen-bond acceptors (Lipinski definition) is 13. The van der Waals surface area contributed by atoms with E-state index in [1.54, 1.807) is 50.1 Å². The highest BCUT2D eigenvalue weighted by molar-refractivity contribution is 7.09. The molecule has 2 aliphatic rings. The third-order valence-corrected chi connectivity index (χ3v) is 14.6. The van der Waals surface area contributed by atoms with E-state index in [0.29, 0.717) is 49.3 Å². The maximum Gasteiger partial charge on any atom is 0.407 e. The zero-order valence-electron chi connectivity index (χ0n) is 43.2. The van der Waals surface area contributed by atoms with E-state index in [1.807, 2.05) is 46.6 Å². The molecule has 3 heterocycles. The summed E-state index contributed by atoms with van der Waals surface area (Å²) in [6, 6.07) is 4.84. The highest BCUT2D eigenvalue weighted by Gasteiger charge is 2.44. The van der Waals surface area contributed by atoms with Crippen LogP contribution < -0.4 is 26.6 Å². The fourth-order valence-electron chi connectivity index (χ4n) is 8.74. The lowest BCUT2D eigenvalue weighted by Gasteiger charge is -2.38. The van der Waals surface area contributed by atoms with Crippen LogP contribution in [0.1, 0.15) is 133 Å². The molecule has 1 unspecified atom stereocenters. The van der Waals surface area contributed by atoms with Gasteiger partial charge in [0.15, 0.2) is 6.10 Å². The monoisotopic (exact) mass is 1020 g/mol. The van der Waals surface area contributed by atoms with Gasteiger partial charge in [-0.1, -0.05) is 59.6 Å². The number of anilines is 1. The molecule has 1 aromatic heterocycles. The molecule has 7 atom stereocenters. The molecule has 0 spiro atoms. The van der Waals surface area contributed by atoms with Gasteiger partial charge in [-0.2, -0.15) is 0 Å². The van der Waals surface area contributed by atoms with Crippen LogP contribution in [-0.4, -0.2) is 142 Å². The molecule has 0 saturated carbocycles. The highest BCUT2D eigenvalue weighted by Crippen LogP contribution is 2.32. The van der Waals surface area contributed by atoms with Gasteiger partial charge in [-0.25, -0.2) is 9.78 Å². The van der Waals surface area contributed by atoms with Gasteiger partial charge >= 0.3 is 12.1 Å². The number of carbonyl (C=O) groups is 9. The molecule has 21 heteroatoms. The van der Waals surface area contributed by atoms with E-state index in [4.69, 9.17) is 4.74 Å². The molecular formula is C51H75N9O11S. The summed E-state index contributed by atoms with van der Waals surface area (Å²) in [5.41, 5.74) is 0.483. The van der Waals surface area contributed by atoms with Crippen LogP contribution in [0.2, 0.25) is 0 Å². The Morgan fingerprint density at radius 2 is 1.60 bits per heavy atom. The van der Waals surface area contributed by atoms with E-state index in [0.717, 1.165) is 34.8 Å². The number of aliphatic carboxylic acids is 1. The zero-order valence-corrected chi connectivity index (χ0v) is 44.0. The number of amides is 8. The normalized spacial score (nSPS) is 18.2. The number of carbonyl (C=O) groups excluding carboxylic acids is 8. The second kappa shape index (κ2) is 27.6. The Hall–Kier alpha value is -6.22. The number of rotatable bonds is 28. The van der Waals surface area contributed by atoms with Crippen LogP contribution in [0.4, 0.5) is 10.5 Å². The number of nitrogens with one attached hydrogen (secondary N) is 5. The fourth-order valence-corrected chi connectivity index (χ4v) is 9.58. The Morgan fingerprint density at radius 1 is 0.917 bits per heavy atom. The number of imide groups is 1. The molecule has 1 fully saturated rings. The number of ether oxygens (including phenoxy) is 1. The van der Waals surface area contributed by atoms with Crippen molar-refractivity contribution in [2.75, 3.05) is 45.6 Å². The molecule has 1 aromatic carbocycles. The summed E-state index contributed by atoms with van der Waals surface area (Å²) >= 11 is 1.11. The van der Waals surface area contributed by atoms with E-state index in [-0.39, 0.29) is 85.8 Å². The van der Waals surface area contributed by atoms with Crippen LogP contribution in [0.25, 0.3) is 0 Å². The SMILES string of the molecule is CCNC(=O)O[C@H](CC(C(C)C)N(C)C(=O)[C@@H](NC(=O)[C@@]1(C)CCCN1C)[C@@H](C)CC)c1nc(C(=O)N[C@@H](Cc2ccc(NC(=O)CNC(=O)CCCCCN3C(=O)C=CC3=O)cc2)C[C@H](C)C(=O)O)cs1. The lowest BCUT2D eigenvalue weighted by Crippen LogP contribution is -2.60. The van der Waals surface area contributed by atoms with Gasteiger partial charge in [0.05, 0.1) is 18.0 Å². The van der Waals surface area contributed by atoms with Crippen LogP contribution in [0.15, 0.2) is 41.8 Å². The topological polar surface area (TPSA) is 266 Å². The van der Waals surface area contributed by atoms with Crippen molar-refractivity contribution >= 4 is 70.4 Å². The molecule has 8 amide bonds. The summed E-state index contributed by atoms with van der Waals surface area (Å²) in [4.78, 5) is 125. The zero-order chi connectivity index (χ0) is 53.3. The molecule has 20 nitrogen and oxygen atoms in total. The Kier molecular flexibility index (Phi) is 22.3. The van der Waals surface area contributed by atoms with E-state index < -0.39 is 59.6 Å². The molecule has 2 aliphatic heterocycles. The number of likely N-dealkylation sites (N-methyl/N-ethyl adjacent to an activating group) is 2. The summed E-state index contributed by atoms with van der Waals surface area (Å²) in [7, 11) is 3.60. The number of aromatic nitrogens is 1. The molecule has 0 aliphatic carbocycles. The van der Waals surface area contributed by atoms with Crippen molar-refractivity contribution in [3.05, 3.63) is 58.1 Å². The van der Waals surface area contributed by atoms with Crippen molar-refractivity contribution < 1.29 is 53.0 Å². The van der Waals surface area contributed by atoms with Crippen molar-refractivity contribution in [3.8, 4) is 0 Å². The van der Waals surface area contributed by atoms with Crippen LogP contribution >= 0.6 is 11.3 Å². The number of hydrogen-bond donors (Lipinski definition) is 6. The Morgan fingerprint density at radius 3 is 2.19 bits per heavy atom. The maximum absolute atomic E-state index is 14.4. The number of carboxylic acids is 1. The van der Waals surface area contributed by atoms with E-state index in [2.05, 4.69) is 31.6 Å². The number of carboxylic acid groups (broad SMARTS) is 1. The van der Waals surface area contributed by atoms with Gasteiger partial charge in [0.2, 0.25) is 23.6 Å². The Labute approximate surface area is 426 Å². The minimum absolute atomic E-state index is 0.0266. The van der Waals surface area contributed by atoms with E-state index in [1.165, 1.54) is 17.5 Å². The van der Waals surface area contributed by atoms with Gasteiger partial charge < -0.3 is 41.3 Å². The standard InChI is InChI=1S/C51H75N9O11S/c1-10-32(5)44(57-49(69)51(7)23-15-24-58(51)8)47(66)59(9)38(31(3)4)28-39(71-50(70)52-11-2)46-56-37(30-72-46)45(65)55-36(26-33(6)48(67)68)27-34-17-19-35(20-18-34)54-41(62)29-53-40(61)16-13-12-14-25-60-42(63)21-22-43(60)64/h17-22,30-33,36,38-39,44H,10-16,23-29H2,1-9H3,(H,52,70)(H,53,61)(H,54,62)(H,55,65)(H,57,69)(H,67,68)/t32-,33-,36+,38?,39+,44-,51+/m0/s1. The van der Waals surface area contributed by atoms with Gasteiger partial charge in [0.1, 0.15) is 16.7 Å². The van der Waals surface area contributed by atoms with Crippen molar-refractivity contribution in [3.63, 3.8) is 0 Å². The number of thiazole rings is 1. The molecule has 1 saturated heterocycles. The fraction of sp³-hybridized carbons (Fsp3) is 0.608. The van der Waals surface area contributed by atoms with Crippen LogP contribution in [0, 0.1) is 17.8 Å². The number of alkyl carbamates (subject to hydrolysis) is 1. The largest absolute Gasteiger partial charge is 0.481 e. The minimum Gasteiger partial charge on any atom is -0.481 e. The first kappa shape index (κ1) is 58.4. The number of benzene rings is 1. The molecule has 2 aromatic rings. The number of nitrogens with zero attached hydrogens (tertiary/aromatic N) is 4. The second-order valence-corrected chi connectivity index (χ2v) is 20.4. The molecule has 0 bridgehead atoms. The smallest absolute Gasteiger partial charge is 0.407 e. The quantitative estimate of drug-likeness (QED) is 0.0494. The average molecular weight is 1020 g/mol. The number of likely N-dealkylation sites (tertiary alicyclic amines) is 1. The molecular weight excluding hydrogens is 947 g/mol. The summed E-state index contributed by atoms with van der Waals surface area (Å²) in [6.45, 7) is 14.1. The molecule has 0 radical (unpaired) electrons. The summed E-state index contributed by atoms with van der Waals surface area (Å²) in [5, 5.41) is 25.6. The van der Waals surface area contributed by atoms with Crippen molar-refractivity contribution in [1.29, 1.82) is 0 Å². The van der Waals surface area contributed by atoms with E-state index in [9.17, 15) is 48.3 Å². The van der Waals surface area contributed by atoms with Crippen LogP contribution in [0.5, 0.6) is 0 Å². The third kappa shape index (κ3) is 16.7. The first-order valence-electron chi connectivity index (χ1n) is 25.0. The maximum atomic E-state index is 14.4. The summed E-state index contributed by atoms with van der Waals surface area (Å²) in [5.74, 6) is -4.66. The van der Waals surface area contributed by atoms with Gasteiger partial charge in [-0.05, 0) is 95.5 Å². The molecule has 72 heavy (non-hydrogen) atoms. The Balaban J connectivity index is 1.40. The van der Waals surface area contributed by atoms with Gasteiger partial charge in [0, 0.05) is 68.3 Å². The first-order chi connectivity index (χ1) is 34.1. The highest BCUT2D eigenvalue weighted by atomic mass is 32.1. The average Bonchev–Trinajstić information content (AvgIpc) is 4.06. The molecule has 6 N–H and O–H groups in total. The van der Waals surface area contributed by atoms with Crippen molar-refractivity contribution in [2.24, 2.45) is 17.8 Å². The predicted octanol–water partition coefficient (Wildman–Crippen LogP) is 4.81. The predicted molar refractivity (Wildman–Crippen MR) is 271 cm³/mol. The van der Waals surface area contributed by atoms with Gasteiger partial charge in [0.25, 0.3) is 17.7 Å². The number of unbranched alkanes of at least 4 members (excludes halogenated alkanes) is 2. The Bertz CT molecular complexity index is 2250. The molecule has 4 rings (SSSR count). The third-order valence-electron chi connectivity index (χ3n) is 13.7. The van der Waals surface area contributed by atoms with Crippen molar-refractivity contribution in [1.82, 2.24) is 41.0 Å².